The highest BCUT2D eigenvalue weighted by atomic mass is 16.2. The number of amides is 1. The number of carbonyl (C=O) groups is 2. The number of anilines is 1. The van der Waals surface area contributed by atoms with E-state index >= 15 is 0 Å². The van der Waals surface area contributed by atoms with Gasteiger partial charge < -0.3 is 10.2 Å². The molecule has 6 nitrogen and oxygen atoms in total. The van der Waals surface area contributed by atoms with Crippen LogP contribution in [-0.2, 0) is 9.59 Å². The number of rotatable bonds is 7. The van der Waals surface area contributed by atoms with Gasteiger partial charge in [-0.1, -0.05) is 31.0 Å². The monoisotopic (exact) mass is 370 g/mol. The molecule has 3 rings (SSSR count). The fourth-order valence-corrected chi connectivity index (χ4v) is 3.75. The molecule has 0 spiro atoms. The lowest BCUT2D eigenvalue weighted by molar-refractivity contribution is -0.118. The van der Waals surface area contributed by atoms with E-state index in [1.807, 2.05) is 30.3 Å². The third-order valence-corrected chi connectivity index (χ3v) is 5.30. The number of hydrogen-bond donors (Lipinski definition) is 1. The van der Waals surface area contributed by atoms with Crippen molar-refractivity contribution in [1.29, 1.82) is 0 Å². The second kappa shape index (κ2) is 9.65. The molecule has 2 heterocycles. The molecule has 0 aliphatic carbocycles. The summed E-state index contributed by atoms with van der Waals surface area (Å²) in [6, 6.07) is 9.14. The molecule has 0 aromatic heterocycles. The predicted octanol–water partition coefficient (Wildman–Crippen LogP) is 2.59. The number of para-hydroxylation sites is 1. The fraction of sp³-hybridized carbons (Fsp3) is 0.571. The van der Waals surface area contributed by atoms with E-state index in [-0.39, 0.29) is 11.7 Å². The number of likely N-dealkylation sites (tertiary alicyclic amines) is 1. The van der Waals surface area contributed by atoms with Gasteiger partial charge in [0.2, 0.25) is 0 Å². The Bertz CT molecular complexity index is 666. The smallest absolute Gasteiger partial charge is 0.267 e. The maximum Gasteiger partial charge on any atom is 0.267 e. The summed E-state index contributed by atoms with van der Waals surface area (Å²) in [4.78, 5) is 27.0. The van der Waals surface area contributed by atoms with Crippen molar-refractivity contribution in [2.24, 2.45) is 5.10 Å². The number of hydrogen-bond acceptors (Lipinski definition) is 5. The van der Waals surface area contributed by atoms with Gasteiger partial charge in [-0.3, -0.25) is 14.6 Å². The molecule has 1 fully saturated rings. The topological polar surface area (TPSA) is 65.0 Å². The molecule has 1 amide bonds. The number of benzene rings is 1. The lowest BCUT2D eigenvalue weighted by Gasteiger charge is -2.20. The largest absolute Gasteiger partial charge is 0.351 e. The van der Waals surface area contributed by atoms with Crippen LogP contribution in [0.1, 0.15) is 45.4 Å². The zero-order chi connectivity index (χ0) is 19.1. The average molecular weight is 370 g/mol. The van der Waals surface area contributed by atoms with Crippen LogP contribution in [0.2, 0.25) is 0 Å². The number of Topliss-reactive ketones (excluding diaryl/α,β-unsaturated/α-hetero) is 1. The van der Waals surface area contributed by atoms with Gasteiger partial charge in [0.1, 0.15) is 11.8 Å². The number of nitrogens with zero attached hydrogens (tertiary/aromatic N) is 3. The highest BCUT2D eigenvalue weighted by Crippen LogP contribution is 2.24. The molecule has 0 radical (unpaired) electrons. The van der Waals surface area contributed by atoms with Crippen LogP contribution >= 0.6 is 0 Å². The number of nitrogens with one attached hydrogen (secondary N) is 1. The van der Waals surface area contributed by atoms with Gasteiger partial charge in [0.05, 0.1) is 5.69 Å². The van der Waals surface area contributed by atoms with Crippen molar-refractivity contribution < 1.29 is 9.59 Å². The molecule has 0 saturated carbocycles. The van der Waals surface area contributed by atoms with Gasteiger partial charge in [-0.15, -0.1) is 0 Å². The molecule has 1 atom stereocenters. The Labute approximate surface area is 161 Å². The summed E-state index contributed by atoms with van der Waals surface area (Å²) in [7, 11) is 0. The first-order valence-electron chi connectivity index (χ1n) is 10.1. The lowest BCUT2D eigenvalue weighted by Crippen LogP contribution is -2.35. The van der Waals surface area contributed by atoms with Crippen LogP contribution < -0.4 is 10.3 Å². The normalized spacial score (nSPS) is 20.9. The summed E-state index contributed by atoms with van der Waals surface area (Å²) in [6.45, 7) is 5.57. The summed E-state index contributed by atoms with van der Waals surface area (Å²) in [5.41, 5.74) is 1.27. The molecule has 1 aromatic carbocycles. The number of hydrazone groups is 1. The van der Waals surface area contributed by atoms with Crippen LogP contribution in [0.3, 0.4) is 0 Å². The van der Waals surface area contributed by atoms with Crippen LogP contribution in [0.25, 0.3) is 0 Å². The molecule has 0 bridgehead atoms. The molecule has 1 unspecified atom stereocenters. The van der Waals surface area contributed by atoms with Crippen LogP contribution in [-0.4, -0.2) is 54.5 Å². The summed E-state index contributed by atoms with van der Waals surface area (Å²) in [5.74, 6) is -0.137. The molecule has 2 aliphatic heterocycles. The third-order valence-electron chi connectivity index (χ3n) is 5.30. The first-order valence-corrected chi connectivity index (χ1v) is 10.1. The Kier molecular flexibility index (Phi) is 6.98. The van der Waals surface area contributed by atoms with E-state index in [0.29, 0.717) is 18.7 Å². The Morgan fingerprint density at radius 3 is 2.48 bits per heavy atom. The van der Waals surface area contributed by atoms with Crippen molar-refractivity contribution >= 4 is 23.1 Å². The van der Waals surface area contributed by atoms with Crippen LogP contribution in [0, 0.1) is 0 Å². The standard InChI is InChI=1S/C21H30N4O2/c1-17(26)20-16-19(23-25(20)18-10-5-4-6-11-18)21(27)22-12-9-15-24-13-7-2-3-8-14-24/h4-6,10-11,20H,2-3,7-9,12-16H2,1H3,(H,22,27). The molecular weight excluding hydrogens is 340 g/mol. The molecular formula is C21H30N4O2. The molecule has 1 aromatic rings. The van der Waals surface area contributed by atoms with E-state index < -0.39 is 6.04 Å². The van der Waals surface area contributed by atoms with Crippen molar-refractivity contribution in [2.75, 3.05) is 31.2 Å². The van der Waals surface area contributed by atoms with Crippen LogP contribution in [0.5, 0.6) is 0 Å². The lowest BCUT2D eigenvalue weighted by atomic mass is 10.1. The zero-order valence-corrected chi connectivity index (χ0v) is 16.2. The maximum atomic E-state index is 12.5. The van der Waals surface area contributed by atoms with Crippen LogP contribution in [0.4, 0.5) is 5.69 Å². The van der Waals surface area contributed by atoms with Gasteiger partial charge in [0, 0.05) is 13.0 Å². The minimum absolute atomic E-state index is 0.0200. The van der Waals surface area contributed by atoms with Crippen molar-refractivity contribution in [2.45, 2.75) is 51.5 Å². The van der Waals surface area contributed by atoms with Crippen molar-refractivity contribution in [3.63, 3.8) is 0 Å². The van der Waals surface area contributed by atoms with Gasteiger partial charge in [0.15, 0.2) is 5.78 Å². The highest BCUT2D eigenvalue weighted by molar-refractivity contribution is 6.40. The molecule has 146 valence electrons. The summed E-state index contributed by atoms with van der Waals surface area (Å²) < 4.78 is 0. The molecule has 2 aliphatic rings. The van der Waals surface area contributed by atoms with Gasteiger partial charge in [-0.2, -0.15) is 5.10 Å². The predicted molar refractivity (Wildman–Crippen MR) is 108 cm³/mol. The first kappa shape index (κ1) is 19.5. The Hall–Kier alpha value is -2.21. The second-order valence-corrected chi connectivity index (χ2v) is 7.42. The first-order chi connectivity index (χ1) is 13.1. The average Bonchev–Trinajstić information content (AvgIpc) is 2.98. The SMILES string of the molecule is CC(=O)C1CC(C(=O)NCCCN2CCCCCC2)=NN1c1ccccc1. The van der Waals surface area contributed by atoms with E-state index in [1.54, 1.807) is 11.9 Å². The van der Waals surface area contributed by atoms with Gasteiger partial charge >= 0.3 is 0 Å². The molecule has 1 saturated heterocycles. The van der Waals surface area contributed by atoms with E-state index in [1.165, 1.54) is 38.8 Å². The molecule has 6 heteroatoms. The third kappa shape index (κ3) is 5.39. The molecule has 1 N–H and O–H groups in total. The fourth-order valence-electron chi connectivity index (χ4n) is 3.75. The molecule has 27 heavy (non-hydrogen) atoms. The van der Waals surface area contributed by atoms with Gasteiger partial charge in [0.25, 0.3) is 5.91 Å². The van der Waals surface area contributed by atoms with Crippen molar-refractivity contribution in [1.82, 2.24) is 10.2 Å². The highest BCUT2D eigenvalue weighted by Gasteiger charge is 2.33. The maximum absolute atomic E-state index is 12.5. The Balaban J connectivity index is 1.51. The van der Waals surface area contributed by atoms with E-state index in [2.05, 4.69) is 15.3 Å². The summed E-state index contributed by atoms with van der Waals surface area (Å²) in [5, 5.41) is 9.10. The van der Waals surface area contributed by atoms with Crippen molar-refractivity contribution in [3.05, 3.63) is 30.3 Å². The van der Waals surface area contributed by atoms with Crippen molar-refractivity contribution in [3.8, 4) is 0 Å². The van der Waals surface area contributed by atoms with Gasteiger partial charge in [-0.05, 0) is 58.0 Å². The van der Waals surface area contributed by atoms with E-state index in [4.69, 9.17) is 0 Å². The minimum Gasteiger partial charge on any atom is -0.351 e. The number of carbonyl (C=O) groups excluding carboxylic acids is 2. The zero-order valence-electron chi connectivity index (χ0n) is 16.2. The quantitative estimate of drug-likeness (QED) is 0.750. The number of ketones is 1. The Morgan fingerprint density at radius 1 is 1.11 bits per heavy atom. The Morgan fingerprint density at radius 2 is 1.81 bits per heavy atom. The second-order valence-electron chi connectivity index (χ2n) is 7.42. The minimum atomic E-state index is -0.398. The van der Waals surface area contributed by atoms with E-state index in [0.717, 1.165) is 18.7 Å². The van der Waals surface area contributed by atoms with E-state index in [9.17, 15) is 9.59 Å². The summed E-state index contributed by atoms with van der Waals surface area (Å²) >= 11 is 0. The van der Waals surface area contributed by atoms with Gasteiger partial charge in [-0.25, -0.2) is 0 Å². The summed E-state index contributed by atoms with van der Waals surface area (Å²) in [6.07, 6.45) is 6.54. The van der Waals surface area contributed by atoms with Crippen LogP contribution in [0.15, 0.2) is 35.4 Å².